The number of carbonyl (C=O) groups is 3. The number of fused-ring (bicyclic) bond motifs is 1. The smallest absolute Gasteiger partial charge is 0.408 e. The summed E-state index contributed by atoms with van der Waals surface area (Å²) in [4.78, 5) is 41.5. The second-order valence-electron chi connectivity index (χ2n) is 10.7. The van der Waals surface area contributed by atoms with E-state index in [2.05, 4.69) is 10.6 Å². The highest BCUT2D eigenvalue weighted by Gasteiger charge is 2.36. The van der Waals surface area contributed by atoms with E-state index in [0.717, 1.165) is 17.2 Å². The summed E-state index contributed by atoms with van der Waals surface area (Å²) in [6.07, 6.45) is 0.669. The SMILES string of the molecule is CCCCN(C(=O)C(C)NC(=O)OC(C)(C)C)C(C(=O)Nc1ccc2ccccc2c1)c1cccc(C)c1O. The number of aryl methyl sites for hydroxylation is 1. The standard InChI is InChI=1S/C31H39N3O5/c1-7-8-18-34(29(37)21(3)32-30(38)39-31(4,5)6)26(25-15-11-12-20(2)27(25)35)28(36)33-24-17-16-22-13-9-10-14-23(22)19-24/h9-17,19,21,26,35H,7-8,18H2,1-6H3,(H,32,38)(H,33,36). The molecule has 0 aliphatic heterocycles. The summed E-state index contributed by atoms with van der Waals surface area (Å²) in [5, 5.41) is 18.5. The summed E-state index contributed by atoms with van der Waals surface area (Å²) in [7, 11) is 0. The number of phenols is 1. The van der Waals surface area contributed by atoms with Gasteiger partial charge in [0.2, 0.25) is 5.91 Å². The largest absolute Gasteiger partial charge is 0.507 e. The van der Waals surface area contributed by atoms with Crippen LogP contribution in [-0.2, 0) is 14.3 Å². The second kappa shape index (κ2) is 12.7. The average molecular weight is 534 g/mol. The van der Waals surface area contributed by atoms with E-state index in [-0.39, 0.29) is 12.3 Å². The van der Waals surface area contributed by atoms with Crippen molar-refractivity contribution in [3.8, 4) is 5.75 Å². The van der Waals surface area contributed by atoms with Gasteiger partial charge in [-0.05, 0) is 69.5 Å². The number of para-hydroxylation sites is 1. The first kappa shape index (κ1) is 29.5. The van der Waals surface area contributed by atoms with Gasteiger partial charge in [-0.1, -0.05) is 61.9 Å². The molecule has 3 aromatic carbocycles. The van der Waals surface area contributed by atoms with Crippen molar-refractivity contribution in [2.24, 2.45) is 0 Å². The van der Waals surface area contributed by atoms with Gasteiger partial charge >= 0.3 is 6.09 Å². The Morgan fingerprint density at radius 1 is 1.00 bits per heavy atom. The molecule has 39 heavy (non-hydrogen) atoms. The fraction of sp³-hybridized carbons (Fsp3) is 0.387. The van der Waals surface area contributed by atoms with Crippen LogP contribution >= 0.6 is 0 Å². The monoisotopic (exact) mass is 533 g/mol. The Labute approximate surface area is 230 Å². The maximum absolute atomic E-state index is 13.9. The number of ether oxygens (including phenoxy) is 1. The third kappa shape index (κ3) is 7.72. The molecule has 0 aromatic heterocycles. The predicted molar refractivity (Wildman–Crippen MR) is 154 cm³/mol. The zero-order chi connectivity index (χ0) is 28.7. The van der Waals surface area contributed by atoms with Gasteiger partial charge in [0.05, 0.1) is 0 Å². The topological polar surface area (TPSA) is 108 Å². The van der Waals surface area contributed by atoms with Crippen molar-refractivity contribution in [1.29, 1.82) is 0 Å². The molecule has 208 valence electrons. The number of anilines is 1. The molecule has 0 radical (unpaired) electrons. The van der Waals surface area contributed by atoms with Gasteiger partial charge in [0.25, 0.3) is 5.91 Å². The summed E-state index contributed by atoms with van der Waals surface area (Å²) in [5.41, 5.74) is 0.726. The Morgan fingerprint density at radius 2 is 1.69 bits per heavy atom. The molecular formula is C31H39N3O5. The lowest BCUT2D eigenvalue weighted by Crippen LogP contribution is -2.51. The highest BCUT2D eigenvalue weighted by Crippen LogP contribution is 2.33. The Balaban J connectivity index is 1.99. The van der Waals surface area contributed by atoms with E-state index in [1.54, 1.807) is 58.9 Å². The number of hydrogen-bond donors (Lipinski definition) is 3. The molecule has 0 spiro atoms. The molecule has 3 N–H and O–H groups in total. The number of carbonyl (C=O) groups excluding carboxylic acids is 3. The molecule has 2 unspecified atom stereocenters. The van der Waals surface area contributed by atoms with Crippen LogP contribution in [-0.4, -0.2) is 46.1 Å². The van der Waals surface area contributed by atoms with Crippen LogP contribution in [0, 0.1) is 6.92 Å². The molecule has 2 atom stereocenters. The van der Waals surface area contributed by atoms with Crippen molar-refractivity contribution >= 4 is 34.4 Å². The van der Waals surface area contributed by atoms with E-state index in [9.17, 15) is 19.5 Å². The van der Waals surface area contributed by atoms with Crippen molar-refractivity contribution < 1.29 is 24.2 Å². The first-order chi connectivity index (χ1) is 18.4. The molecule has 0 aliphatic rings. The minimum Gasteiger partial charge on any atom is -0.507 e. The molecule has 0 bridgehead atoms. The van der Waals surface area contributed by atoms with E-state index in [4.69, 9.17) is 4.74 Å². The highest BCUT2D eigenvalue weighted by atomic mass is 16.6. The van der Waals surface area contributed by atoms with Crippen LogP contribution in [0.1, 0.15) is 64.6 Å². The van der Waals surface area contributed by atoms with Crippen LogP contribution in [0.3, 0.4) is 0 Å². The van der Waals surface area contributed by atoms with E-state index in [1.165, 1.54) is 4.90 Å². The molecule has 0 saturated heterocycles. The molecule has 0 heterocycles. The second-order valence-corrected chi connectivity index (χ2v) is 10.7. The zero-order valence-corrected chi connectivity index (χ0v) is 23.6. The molecular weight excluding hydrogens is 494 g/mol. The first-order valence-corrected chi connectivity index (χ1v) is 13.3. The molecule has 0 fully saturated rings. The average Bonchev–Trinajstić information content (AvgIpc) is 2.86. The van der Waals surface area contributed by atoms with Crippen LogP contribution in [0.15, 0.2) is 60.7 Å². The summed E-state index contributed by atoms with van der Waals surface area (Å²) in [6, 6.07) is 16.4. The summed E-state index contributed by atoms with van der Waals surface area (Å²) >= 11 is 0. The predicted octanol–water partition coefficient (Wildman–Crippen LogP) is 6.08. The van der Waals surface area contributed by atoms with E-state index >= 15 is 0 Å². The number of phenolic OH excluding ortho intramolecular Hbond substituents is 1. The molecule has 3 aromatic rings. The van der Waals surface area contributed by atoms with Crippen molar-refractivity contribution in [2.75, 3.05) is 11.9 Å². The Bertz CT molecular complexity index is 1330. The number of rotatable bonds is 9. The molecule has 0 saturated carbocycles. The normalized spacial score (nSPS) is 12.9. The van der Waals surface area contributed by atoms with Gasteiger partial charge in [-0.15, -0.1) is 0 Å². The van der Waals surface area contributed by atoms with E-state index in [1.807, 2.05) is 43.3 Å². The first-order valence-electron chi connectivity index (χ1n) is 13.3. The summed E-state index contributed by atoms with van der Waals surface area (Å²) < 4.78 is 5.32. The molecule has 8 heteroatoms. The molecule has 3 rings (SSSR count). The van der Waals surface area contributed by atoms with Crippen molar-refractivity contribution in [3.05, 3.63) is 71.8 Å². The third-order valence-electron chi connectivity index (χ3n) is 6.28. The summed E-state index contributed by atoms with van der Waals surface area (Å²) in [6.45, 7) is 10.7. The van der Waals surface area contributed by atoms with Crippen molar-refractivity contribution in [1.82, 2.24) is 10.2 Å². The lowest BCUT2D eigenvalue weighted by molar-refractivity contribution is -0.140. The van der Waals surface area contributed by atoms with Crippen molar-refractivity contribution in [3.63, 3.8) is 0 Å². The number of amides is 3. The number of nitrogens with zero attached hydrogens (tertiary/aromatic N) is 1. The maximum Gasteiger partial charge on any atom is 0.408 e. The number of aromatic hydroxyl groups is 1. The number of hydrogen-bond acceptors (Lipinski definition) is 5. The highest BCUT2D eigenvalue weighted by molar-refractivity contribution is 6.00. The Morgan fingerprint density at radius 3 is 2.36 bits per heavy atom. The van der Waals surface area contributed by atoms with Gasteiger partial charge in [0.15, 0.2) is 0 Å². The fourth-order valence-electron chi connectivity index (χ4n) is 4.32. The van der Waals surface area contributed by atoms with Gasteiger partial charge in [0, 0.05) is 17.8 Å². The van der Waals surface area contributed by atoms with Crippen LogP contribution in [0.4, 0.5) is 10.5 Å². The van der Waals surface area contributed by atoms with Gasteiger partial charge in [0.1, 0.15) is 23.4 Å². The zero-order valence-electron chi connectivity index (χ0n) is 23.6. The number of nitrogens with one attached hydrogen (secondary N) is 2. The van der Waals surface area contributed by atoms with Crippen LogP contribution in [0.5, 0.6) is 5.75 Å². The lowest BCUT2D eigenvalue weighted by Gasteiger charge is -2.34. The van der Waals surface area contributed by atoms with Gasteiger partial charge in [-0.2, -0.15) is 0 Å². The Kier molecular flexibility index (Phi) is 9.56. The van der Waals surface area contributed by atoms with E-state index in [0.29, 0.717) is 23.2 Å². The molecule has 8 nitrogen and oxygen atoms in total. The fourth-order valence-corrected chi connectivity index (χ4v) is 4.32. The van der Waals surface area contributed by atoms with Gasteiger partial charge in [-0.3, -0.25) is 9.59 Å². The molecule has 0 aliphatic carbocycles. The maximum atomic E-state index is 13.9. The van der Waals surface area contributed by atoms with Crippen LogP contribution < -0.4 is 10.6 Å². The number of benzene rings is 3. The lowest BCUT2D eigenvalue weighted by atomic mass is 9.98. The number of alkyl carbamates (subject to hydrolysis) is 1. The van der Waals surface area contributed by atoms with Crippen LogP contribution in [0.2, 0.25) is 0 Å². The van der Waals surface area contributed by atoms with Crippen molar-refractivity contribution in [2.45, 2.75) is 72.1 Å². The number of unbranched alkanes of at least 4 members (excludes halogenated alkanes) is 1. The van der Waals surface area contributed by atoms with Gasteiger partial charge < -0.3 is 25.4 Å². The minimum atomic E-state index is -1.14. The van der Waals surface area contributed by atoms with Crippen LogP contribution in [0.25, 0.3) is 10.8 Å². The Hall–Kier alpha value is -4.07. The quantitative estimate of drug-likeness (QED) is 0.309. The van der Waals surface area contributed by atoms with Gasteiger partial charge in [-0.25, -0.2) is 4.79 Å². The summed E-state index contributed by atoms with van der Waals surface area (Å²) in [5.74, 6) is -0.993. The third-order valence-corrected chi connectivity index (χ3v) is 6.28. The minimum absolute atomic E-state index is 0.0572. The van der Waals surface area contributed by atoms with E-state index < -0.39 is 35.6 Å². The molecule has 3 amide bonds.